The van der Waals surface area contributed by atoms with Crippen molar-refractivity contribution < 1.29 is 31.2 Å². The van der Waals surface area contributed by atoms with Gasteiger partial charge in [0.05, 0.1) is 16.8 Å². The van der Waals surface area contributed by atoms with E-state index in [1.54, 1.807) is 0 Å². The van der Waals surface area contributed by atoms with Crippen LogP contribution in [0, 0.1) is 0 Å². The summed E-state index contributed by atoms with van der Waals surface area (Å²) in [6.45, 7) is 1.00. The molecule has 0 unspecified atom stereocenters. The minimum atomic E-state index is -4.44. The van der Waals surface area contributed by atoms with Crippen molar-refractivity contribution in [2.24, 2.45) is 5.16 Å². The van der Waals surface area contributed by atoms with Gasteiger partial charge in [0, 0.05) is 38.0 Å². The van der Waals surface area contributed by atoms with Gasteiger partial charge in [-0.05, 0) is 48.1 Å². The Morgan fingerprint density at radius 1 is 0.939 bits per heavy atom. The van der Waals surface area contributed by atoms with Crippen LogP contribution in [0.1, 0.15) is 36.0 Å². The lowest BCUT2D eigenvalue weighted by atomic mass is 9.85. The fourth-order valence-electron chi connectivity index (χ4n) is 3.89. The quantitative estimate of drug-likeness (QED) is 0.412. The van der Waals surface area contributed by atoms with Crippen LogP contribution in [0.2, 0.25) is 0 Å². The van der Waals surface area contributed by atoms with E-state index in [1.165, 1.54) is 24.3 Å². The number of likely N-dealkylation sites (tertiary alicyclic amines) is 1. The van der Waals surface area contributed by atoms with Crippen LogP contribution in [0.3, 0.4) is 0 Å². The zero-order valence-corrected chi connectivity index (χ0v) is 17.9. The predicted molar refractivity (Wildman–Crippen MR) is 115 cm³/mol. The molecule has 11 heteroatoms. The van der Waals surface area contributed by atoms with Crippen LogP contribution in [0.5, 0.6) is 0 Å². The fraction of sp³-hybridized carbons (Fsp3) is 0.364. The van der Waals surface area contributed by atoms with Crippen molar-refractivity contribution in [2.75, 3.05) is 18.4 Å². The van der Waals surface area contributed by atoms with E-state index in [9.17, 15) is 26.3 Å². The highest BCUT2D eigenvalue weighted by molar-refractivity contribution is 7.80. The Kier molecular flexibility index (Phi) is 6.02. The number of alkyl halides is 6. The topological polar surface area (TPSA) is 36.9 Å². The molecule has 4 rings (SSSR count). The van der Waals surface area contributed by atoms with Crippen LogP contribution in [0.15, 0.2) is 53.7 Å². The van der Waals surface area contributed by atoms with Crippen molar-refractivity contribution in [3.8, 4) is 0 Å². The number of oxime groups is 1. The summed E-state index contributed by atoms with van der Waals surface area (Å²) in [5.41, 5.74) is -0.651. The molecule has 0 saturated carbocycles. The standard InChI is InChI=1S/C22H19F6N3OS/c23-21(24,25)15-6-4-14(5-7-15)18-13-20(32-30-18)8-10-31(11-9-20)19(33)29-17-3-1-2-16(12-17)22(26,27)28/h1-7,12H,8-11,13H2,(H,29,33). The maximum absolute atomic E-state index is 12.9. The number of benzene rings is 2. The second-order valence-corrected chi connectivity index (χ2v) is 8.45. The van der Waals surface area contributed by atoms with Gasteiger partial charge in [0.2, 0.25) is 0 Å². The highest BCUT2D eigenvalue weighted by Crippen LogP contribution is 2.37. The monoisotopic (exact) mass is 487 g/mol. The number of hydrogen-bond acceptors (Lipinski definition) is 3. The van der Waals surface area contributed by atoms with Gasteiger partial charge in [-0.2, -0.15) is 26.3 Å². The molecule has 1 fully saturated rings. The molecule has 2 heterocycles. The summed E-state index contributed by atoms with van der Waals surface area (Å²) in [6.07, 6.45) is -7.27. The normalized spacial score (nSPS) is 18.1. The highest BCUT2D eigenvalue weighted by atomic mass is 32.1. The van der Waals surface area contributed by atoms with E-state index >= 15 is 0 Å². The number of nitrogens with zero attached hydrogens (tertiary/aromatic N) is 2. The van der Waals surface area contributed by atoms with Crippen molar-refractivity contribution in [1.82, 2.24) is 4.90 Å². The first kappa shape index (κ1) is 23.3. The van der Waals surface area contributed by atoms with Crippen LogP contribution in [0.25, 0.3) is 0 Å². The molecule has 176 valence electrons. The number of thiocarbonyl (C=S) groups is 1. The zero-order chi connectivity index (χ0) is 23.9. The van der Waals surface area contributed by atoms with Gasteiger partial charge >= 0.3 is 12.4 Å². The Balaban J connectivity index is 1.33. The van der Waals surface area contributed by atoms with E-state index in [1.807, 2.05) is 4.90 Å². The van der Waals surface area contributed by atoms with Gasteiger partial charge < -0.3 is 15.1 Å². The molecule has 2 aliphatic heterocycles. The van der Waals surface area contributed by atoms with E-state index in [4.69, 9.17) is 17.1 Å². The maximum Gasteiger partial charge on any atom is 0.416 e. The molecule has 0 bridgehead atoms. The second-order valence-electron chi connectivity index (χ2n) is 8.06. The number of nitrogens with one attached hydrogen (secondary N) is 1. The lowest BCUT2D eigenvalue weighted by molar-refractivity contribution is -0.138. The molecule has 2 aliphatic rings. The molecule has 33 heavy (non-hydrogen) atoms. The number of halogens is 6. The van der Waals surface area contributed by atoms with Crippen LogP contribution in [-0.4, -0.2) is 34.4 Å². The van der Waals surface area contributed by atoms with Crippen molar-refractivity contribution >= 4 is 28.7 Å². The summed E-state index contributed by atoms with van der Waals surface area (Å²) in [5, 5.41) is 7.27. The number of rotatable bonds is 2. The van der Waals surface area contributed by atoms with Gasteiger partial charge in [-0.3, -0.25) is 0 Å². The summed E-state index contributed by atoms with van der Waals surface area (Å²) in [4.78, 5) is 7.54. The minimum Gasteiger partial charge on any atom is -0.388 e. The van der Waals surface area contributed by atoms with E-state index in [0.717, 1.165) is 24.3 Å². The second kappa shape index (κ2) is 8.51. The van der Waals surface area contributed by atoms with Gasteiger partial charge in [-0.1, -0.05) is 23.4 Å². The summed E-state index contributed by atoms with van der Waals surface area (Å²) in [6, 6.07) is 9.61. The van der Waals surface area contributed by atoms with E-state index in [-0.39, 0.29) is 5.69 Å². The average Bonchev–Trinajstić information content (AvgIpc) is 3.17. The Labute approximate surface area is 191 Å². The third-order valence-electron chi connectivity index (χ3n) is 5.79. The molecule has 2 aromatic rings. The minimum absolute atomic E-state index is 0.250. The molecular weight excluding hydrogens is 468 g/mol. The Morgan fingerprint density at radius 3 is 2.18 bits per heavy atom. The molecule has 4 nitrogen and oxygen atoms in total. The lowest BCUT2D eigenvalue weighted by Crippen LogP contribution is -2.48. The molecule has 2 aromatic carbocycles. The first-order valence-corrected chi connectivity index (χ1v) is 10.5. The summed E-state index contributed by atoms with van der Waals surface area (Å²) >= 11 is 5.37. The molecule has 0 aliphatic carbocycles. The smallest absolute Gasteiger partial charge is 0.388 e. The molecule has 0 atom stereocenters. The van der Waals surface area contributed by atoms with Crippen LogP contribution in [-0.2, 0) is 17.2 Å². The van der Waals surface area contributed by atoms with Gasteiger partial charge in [0.25, 0.3) is 0 Å². The first-order chi connectivity index (χ1) is 15.5. The third kappa shape index (κ3) is 5.23. The van der Waals surface area contributed by atoms with Crippen LogP contribution < -0.4 is 5.32 Å². The third-order valence-corrected chi connectivity index (χ3v) is 6.15. The Hall–Kier alpha value is -2.82. The summed E-state index contributed by atoms with van der Waals surface area (Å²) in [5.74, 6) is 0. The molecule has 0 aromatic heterocycles. The predicted octanol–water partition coefficient (Wildman–Crippen LogP) is 6.08. The van der Waals surface area contributed by atoms with Crippen LogP contribution >= 0.6 is 12.2 Å². The lowest BCUT2D eigenvalue weighted by Gasteiger charge is -2.38. The van der Waals surface area contributed by atoms with Crippen LogP contribution in [0.4, 0.5) is 32.0 Å². The molecule has 0 radical (unpaired) electrons. The zero-order valence-electron chi connectivity index (χ0n) is 17.1. The van der Waals surface area contributed by atoms with Crippen molar-refractivity contribution in [3.63, 3.8) is 0 Å². The van der Waals surface area contributed by atoms with Gasteiger partial charge in [-0.25, -0.2) is 0 Å². The number of anilines is 1. The molecule has 1 N–H and O–H groups in total. The van der Waals surface area contributed by atoms with Gasteiger partial charge in [-0.15, -0.1) is 0 Å². The van der Waals surface area contributed by atoms with Crippen molar-refractivity contribution in [1.29, 1.82) is 0 Å². The number of hydrogen-bond donors (Lipinski definition) is 1. The van der Waals surface area contributed by atoms with Crippen molar-refractivity contribution in [2.45, 2.75) is 37.2 Å². The summed E-state index contributed by atoms with van der Waals surface area (Å²) in [7, 11) is 0. The van der Waals surface area contributed by atoms with E-state index in [2.05, 4.69) is 10.5 Å². The SMILES string of the molecule is FC(F)(F)c1ccc(C2=NOC3(CCN(C(=S)Nc4cccc(C(F)(F)F)c4)CC3)C2)cc1. The summed E-state index contributed by atoms with van der Waals surface area (Å²) < 4.78 is 77.0. The first-order valence-electron chi connectivity index (χ1n) is 10.1. The number of piperidine rings is 1. The largest absolute Gasteiger partial charge is 0.416 e. The molecule has 1 spiro atoms. The van der Waals surface area contributed by atoms with E-state index < -0.39 is 29.1 Å². The highest BCUT2D eigenvalue weighted by Gasteiger charge is 2.43. The van der Waals surface area contributed by atoms with E-state index in [0.29, 0.717) is 48.7 Å². The molecule has 0 amide bonds. The molecule has 1 saturated heterocycles. The molecular formula is C22H19F6N3OS. The Morgan fingerprint density at radius 2 is 1.58 bits per heavy atom. The maximum atomic E-state index is 12.9. The Bertz CT molecular complexity index is 1060. The fourth-order valence-corrected chi connectivity index (χ4v) is 4.19. The average molecular weight is 487 g/mol. The van der Waals surface area contributed by atoms with Gasteiger partial charge in [0.1, 0.15) is 5.60 Å². The van der Waals surface area contributed by atoms with Gasteiger partial charge in [0.15, 0.2) is 5.11 Å². The van der Waals surface area contributed by atoms with Crippen molar-refractivity contribution in [3.05, 3.63) is 65.2 Å².